The van der Waals surface area contributed by atoms with Crippen LogP contribution < -0.4 is 5.73 Å². The lowest BCUT2D eigenvalue weighted by molar-refractivity contribution is 0.0127. The van der Waals surface area contributed by atoms with Crippen LogP contribution in [0, 0.1) is 22.7 Å². The Morgan fingerprint density at radius 2 is 1.53 bits per heavy atom. The molecule has 1 rings (SSSR count). The Morgan fingerprint density at radius 1 is 1.00 bits per heavy atom. The van der Waals surface area contributed by atoms with Crippen molar-refractivity contribution in [1.29, 1.82) is 0 Å². The van der Waals surface area contributed by atoms with Gasteiger partial charge in [-0.2, -0.15) is 0 Å². The summed E-state index contributed by atoms with van der Waals surface area (Å²) in [5.74, 6) is 1.51. The zero-order chi connectivity index (χ0) is 11.9. The Hall–Kier alpha value is -0.0400. The highest BCUT2D eigenvalue weighted by Crippen LogP contribution is 2.49. The Morgan fingerprint density at radius 3 is 1.93 bits per heavy atom. The average molecular weight is 211 g/mol. The monoisotopic (exact) mass is 211 g/mol. The lowest BCUT2D eigenvalue weighted by Gasteiger charge is -2.50. The molecule has 1 fully saturated rings. The molecule has 1 heteroatoms. The standard InChI is InChI=1S/C14H29N/c1-10-7-8-11(12(15)9-10)14(5,6)13(2,3)4/h10-12H,7-9,15H2,1-6H3. The largest absolute Gasteiger partial charge is 0.327 e. The van der Waals surface area contributed by atoms with Crippen molar-refractivity contribution in [2.24, 2.45) is 28.4 Å². The number of hydrogen-bond acceptors (Lipinski definition) is 1. The summed E-state index contributed by atoms with van der Waals surface area (Å²) >= 11 is 0. The fraction of sp³-hybridized carbons (Fsp3) is 1.00. The zero-order valence-corrected chi connectivity index (χ0v) is 11.4. The molecule has 0 aromatic rings. The Bertz CT molecular complexity index is 212. The Balaban J connectivity index is 2.79. The van der Waals surface area contributed by atoms with E-state index < -0.39 is 0 Å². The summed E-state index contributed by atoms with van der Waals surface area (Å²) in [6, 6.07) is 0.406. The molecule has 1 nitrogen and oxygen atoms in total. The van der Waals surface area contributed by atoms with Crippen LogP contribution in [0.4, 0.5) is 0 Å². The summed E-state index contributed by atoms with van der Waals surface area (Å²) in [7, 11) is 0. The first-order valence-electron chi connectivity index (χ1n) is 6.42. The van der Waals surface area contributed by atoms with Gasteiger partial charge in [0.2, 0.25) is 0 Å². The van der Waals surface area contributed by atoms with E-state index in [4.69, 9.17) is 5.73 Å². The topological polar surface area (TPSA) is 26.0 Å². The van der Waals surface area contributed by atoms with E-state index in [0.717, 1.165) is 5.92 Å². The van der Waals surface area contributed by atoms with Gasteiger partial charge < -0.3 is 5.73 Å². The van der Waals surface area contributed by atoms with Crippen molar-refractivity contribution < 1.29 is 0 Å². The normalized spacial score (nSPS) is 34.2. The molecular weight excluding hydrogens is 182 g/mol. The van der Waals surface area contributed by atoms with Crippen LogP contribution >= 0.6 is 0 Å². The minimum atomic E-state index is 0.340. The zero-order valence-electron chi connectivity index (χ0n) is 11.4. The fourth-order valence-electron chi connectivity index (χ4n) is 2.88. The molecule has 3 atom stereocenters. The van der Waals surface area contributed by atoms with Gasteiger partial charge in [0.1, 0.15) is 0 Å². The van der Waals surface area contributed by atoms with Gasteiger partial charge in [0.25, 0.3) is 0 Å². The van der Waals surface area contributed by atoms with Gasteiger partial charge in [-0.05, 0) is 35.5 Å². The molecule has 1 saturated carbocycles. The van der Waals surface area contributed by atoms with E-state index in [1.54, 1.807) is 0 Å². The first-order chi connectivity index (χ1) is 6.66. The molecule has 1 aliphatic carbocycles. The highest BCUT2D eigenvalue weighted by molar-refractivity contribution is 4.95. The van der Waals surface area contributed by atoms with Crippen LogP contribution in [-0.2, 0) is 0 Å². The lowest BCUT2D eigenvalue weighted by Crippen LogP contribution is -2.48. The maximum Gasteiger partial charge on any atom is 0.00749 e. The summed E-state index contributed by atoms with van der Waals surface area (Å²) in [4.78, 5) is 0. The molecule has 0 aromatic heterocycles. The van der Waals surface area contributed by atoms with E-state index in [2.05, 4.69) is 41.5 Å². The van der Waals surface area contributed by atoms with Crippen molar-refractivity contribution >= 4 is 0 Å². The minimum Gasteiger partial charge on any atom is -0.327 e. The molecule has 0 aromatic carbocycles. The molecule has 0 aliphatic heterocycles. The third kappa shape index (κ3) is 2.55. The van der Waals surface area contributed by atoms with Gasteiger partial charge in [-0.25, -0.2) is 0 Å². The number of hydrogen-bond donors (Lipinski definition) is 1. The first kappa shape index (κ1) is 13.0. The quantitative estimate of drug-likeness (QED) is 0.701. The predicted octanol–water partition coefficient (Wildman–Crippen LogP) is 3.82. The third-order valence-electron chi connectivity index (χ3n) is 5.02. The first-order valence-corrected chi connectivity index (χ1v) is 6.42. The smallest absolute Gasteiger partial charge is 0.00749 e. The highest BCUT2D eigenvalue weighted by Gasteiger charge is 2.43. The molecular formula is C14H29N. The van der Waals surface area contributed by atoms with E-state index >= 15 is 0 Å². The summed E-state index contributed by atoms with van der Waals surface area (Å²) in [6.07, 6.45) is 3.88. The molecule has 15 heavy (non-hydrogen) atoms. The van der Waals surface area contributed by atoms with Crippen molar-refractivity contribution in [3.63, 3.8) is 0 Å². The van der Waals surface area contributed by atoms with Crippen LogP contribution in [-0.4, -0.2) is 6.04 Å². The van der Waals surface area contributed by atoms with Crippen molar-refractivity contribution in [2.45, 2.75) is 66.8 Å². The van der Waals surface area contributed by atoms with E-state index in [0.29, 0.717) is 22.8 Å². The van der Waals surface area contributed by atoms with Gasteiger partial charge in [0.15, 0.2) is 0 Å². The maximum atomic E-state index is 6.35. The minimum absolute atomic E-state index is 0.340. The van der Waals surface area contributed by atoms with E-state index in [9.17, 15) is 0 Å². The van der Waals surface area contributed by atoms with Gasteiger partial charge in [-0.15, -0.1) is 0 Å². The van der Waals surface area contributed by atoms with E-state index in [1.165, 1.54) is 19.3 Å². The van der Waals surface area contributed by atoms with Gasteiger partial charge in [-0.1, -0.05) is 48.0 Å². The fourth-order valence-corrected chi connectivity index (χ4v) is 2.88. The van der Waals surface area contributed by atoms with Crippen molar-refractivity contribution in [1.82, 2.24) is 0 Å². The second kappa shape index (κ2) is 4.08. The van der Waals surface area contributed by atoms with Crippen molar-refractivity contribution in [2.75, 3.05) is 0 Å². The Kier molecular flexibility index (Phi) is 3.55. The van der Waals surface area contributed by atoms with Gasteiger partial charge in [0.05, 0.1) is 0 Å². The highest BCUT2D eigenvalue weighted by atomic mass is 14.7. The van der Waals surface area contributed by atoms with E-state index in [1.807, 2.05) is 0 Å². The SMILES string of the molecule is CC1CCC(C(C)(C)C(C)(C)C)C(N)C1. The lowest BCUT2D eigenvalue weighted by atomic mass is 9.57. The van der Waals surface area contributed by atoms with Crippen LogP contribution in [0.5, 0.6) is 0 Å². The van der Waals surface area contributed by atoms with Gasteiger partial charge in [-0.3, -0.25) is 0 Å². The average Bonchev–Trinajstić information content (AvgIpc) is 2.00. The van der Waals surface area contributed by atoms with Crippen molar-refractivity contribution in [3.8, 4) is 0 Å². The molecule has 1 aliphatic rings. The third-order valence-corrected chi connectivity index (χ3v) is 5.02. The molecule has 3 unspecified atom stereocenters. The summed E-state index contributed by atoms with van der Waals surface area (Å²) in [5, 5.41) is 0. The van der Waals surface area contributed by atoms with Crippen molar-refractivity contribution in [3.05, 3.63) is 0 Å². The molecule has 0 heterocycles. The van der Waals surface area contributed by atoms with E-state index in [-0.39, 0.29) is 0 Å². The number of rotatable bonds is 1. The molecule has 0 amide bonds. The predicted molar refractivity (Wildman–Crippen MR) is 67.7 cm³/mol. The van der Waals surface area contributed by atoms with Crippen LogP contribution in [0.1, 0.15) is 60.8 Å². The van der Waals surface area contributed by atoms with Gasteiger partial charge in [0, 0.05) is 6.04 Å². The van der Waals surface area contributed by atoms with Gasteiger partial charge >= 0.3 is 0 Å². The Labute approximate surface area is 95.8 Å². The molecule has 0 saturated heterocycles. The number of nitrogens with two attached hydrogens (primary N) is 1. The molecule has 0 radical (unpaired) electrons. The second-order valence-electron chi connectivity index (χ2n) is 7.16. The summed E-state index contributed by atoms with van der Waals surface area (Å²) in [5.41, 5.74) is 7.04. The van der Waals surface area contributed by atoms with Crippen LogP contribution in [0.25, 0.3) is 0 Å². The second-order valence-corrected chi connectivity index (χ2v) is 7.16. The molecule has 2 N–H and O–H groups in total. The maximum absolute atomic E-state index is 6.35. The summed E-state index contributed by atoms with van der Waals surface area (Å²) < 4.78 is 0. The van der Waals surface area contributed by atoms with Crippen LogP contribution in [0.2, 0.25) is 0 Å². The summed E-state index contributed by atoms with van der Waals surface area (Å²) in [6.45, 7) is 14.2. The van der Waals surface area contributed by atoms with Crippen LogP contribution in [0.15, 0.2) is 0 Å². The molecule has 0 bridgehead atoms. The molecule has 0 spiro atoms. The van der Waals surface area contributed by atoms with Crippen LogP contribution in [0.3, 0.4) is 0 Å². The molecule has 90 valence electrons.